The van der Waals surface area contributed by atoms with E-state index in [9.17, 15) is 18.0 Å². The lowest BCUT2D eigenvalue weighted by Crippen LogP contribution is -2.52. The number of hydrogen-bond acceptors (Lipinski definition) is 4. The van der Waals surface area contributed by atoms with Crippen molar-refractivity contribution in [2.45, 2.75) is 65.6 Å². The summed E-state index contributed by atoms with van der Waals surface area (Å²) >= 11 is 12.4. The summed E-state index contributed by atoms with van der Waals surface area (Å²) in [5, 5.41) is 3.78. The van der Waals surface area contributed by atoms with Crippen molar-refractivity contribution in [1.29, 1.82) is 0 Å². The first-order chi connectivity index (χ1) is 16.6. The molecule has 10 heteroatoms. The summed E-state index contributed by atoms with van der Waals surface area (Å²) in [6.45, 7) is 9.35. The second kappa shape index (κ2) is 12.3. The number of rotatable bonds is 10. The molecule has 0 spiro atoms. The van der Waals surface area contributed by atoms with E-state index in [0.717, 1.165) is 11.8 Å². The number of sulfonamides is 1. The molecule has 7 nitrogen and oxygen atoms in total. The van der Waals surface area contributed by atoms with Crippen molar-refractivity contribution in [2.24, 2.45) is 0 Å². The van der Waals surface area contributed by atoms with Crippen LogP contribution in [-0.4, -0.2) is 49.5 Å². The molecule has 2 rings (SSSR count). The SMILES string of the molecule is Cc1ccccc1N(CCCC(=O)N(Cc1ccc(Cl)cc1Cl)[C@H](C)C(=O)NC(C)(C)C)S(C)(=O)=O. The van der Waals surface area contributed by atoms with Crippen LogP contribution in [0.1, 0.15) is 51.7 Å². The van der Waals surface area contributed by atoms with E-state index in [1.165, 1.54) is 9.21 Å². The van der Waals surface area contributed by atoms with E-state index in [1.807, 2.05) is 39.8 Å². The average molecular weight is 557 g/mol. The maximum atomic E-state index is 13.4. The highest BCUT2D eigenvalue weighted by atomic mass is 35.5. The largest absolute Gasteiger partial charge is 0.350 e. The van der Waals surface area contributed by atoms with Gasteiger partial charge in [-0.3, -0.25) is 13.9 Å². The topological polar surface area (TPSA) is 86.8 Å². The number of hydrogen-bond donors (Lipinski definition) is 1. The van der Waals surface area contributed by atoms with E-state index in [-0.39, 0.29) is 37.7 Å². The summed E-state index contributed by atoms with van der Waals surface area (Å²) in [5.74, 6) is -0.575. The summed E-state index contributed by atoms with van der Waals surface area (Å²) in [6.07, 6.45) is 1.48. The third-order valence-corrected chi connectivity index (χ3v) is 7.32. The highest BCUT2D eigenvalue weighted by Gasteiger charge is 2.29. The first-order valence-corrected chi connectivity index (χ1v) is 14.3. The van der Waals surface area contributed by atoms with E-state index in [1.54, 1.807) is 37.3 Å². The molecule has 0 unspecified atom stereocenters. The molecule has 2 amide bonds. The van der Waals surface area contributed by atoms with Crippen LogP contribution in [-0.2, 0) is 26.2 Å². The third kappa shape index (κ3) is 8.68. The molecule has 2 aromatic carbocycles. The molecule has 0 saturated carbocycles. The van der Waals surface area contributed by atoms with Crippen LogP contribution in [0.4, 0.5) is 5.69 Å². The van der Waals surface area contributed by atoms with Gasteiger partial charge in [0.2, 0.25) is 21.8 Å². The molecule has 36 heavy (non-hydrogen) atoms. The Balaban J connectivity index is 2.24. The van der Waals surface area contributed by atoms with Crippen LogP contribution in [0.5, 0.6) is 0 Å². The number of anilines is 1. The summed E-state index contributed by atoms with van der Waals surface area (Å²) in [6, 6.07) is 11.4. The van der Waals surface area contributed by atoms with Crippen molar-refractivity contribution in [2.75, 3.05) is 17.1 Å². The van der Waals surface area contributed by atoms with Gasteiger partial charge in [0, 0.05) is 35.1 Å². The Bertz CT molecular complexity index is 1200. The van der Waals surface area contributed by atoms with Crippen LogP contribution in [0.3, 0.4) is 0 Å². The molecule has 0 aliphatic rings. The standard InChI is InChI=1S/C26H35Cl2N3O4S/c1-18-10-7-8-11-23(18)31(36(6,34)35)15-9-12-24(32)30(19(2)25(33)29-26(3,4)5)17-20-13-14-21(27)16-22(20)28/h7-8,10-11,13-14,16,19H,9,12,15,17H2,1-6H3,(H,29,33)/t19-/m1/s1. The molecule has 2 aromatic rings. The Morgan fingerprint density at radius 2 is 1.72 bits per heavy atom. The van der Waals surface area contributed by atoms with Crippen molar-refractivity contribution in [3.8, 4) is 0 Å². The van der Waals surface area contributed by atoms with Gasteiger partial charge in [0.15, 0.2) is 0 Å². The van der Waals surface area contributed by atoms with Gasteiger partial charge in [0.1, 0.15) is 6.04 Å². The van der Waals surface area contributed by atoms with Crippen LogP contribution in [0.25, 0.3) is 0 Å². The Morgan fingerprint density at radius 1 is 1.08 bits per heavy atom. The van der Waals surface area contributed by atoms with Gasteiger partial charge in [-0.15, -0.1) is 0 Å². The number of nitrogens with one attached hydrogen (secondary N) is 1. The Morgan fingerprint density at radius 3 is 2.28 bits per heavy atom. The van der Waals surface area contributed by atoms with Crippen molar-refractivity contribution < 1.29 is 18.0 Å². The number of halogens is 2. The minimum absolute atomic E-state index is 0.0518. The normalized spacial score (nSPS) is 12.7. The van der Waals surface area contributed by atoms with E-state index < -0.39 is 21.6 Å². The number of carbonyl (C=O) groups is 2. The Labute approximate surface area is 224 Å². The number of carbonyl (C=O) groups excluding carboxylic acids is 2. The van der Waals surface area contributed by atoms with E-state index in [2.05, 4.69) is 5.32 Å². The fourth-order valence-electron chi connectivity index (χ4n) is 3.72. The molecular formula is C26H35Cl2N3O4S. The molecule has 0 aromatic heterocycles. The number of benzene rings is 2. The molecule has 0 bridgehead atoms. The van der Waals surface area contributed by atoms with Crippen molar-refractivity contribution in [3.05, 3.63) is 63.6 Å². The van der Waals surface area contributed by atoms with Gasteiger partial charge in [-0.1, -0.05) is 47.5 Å². The van der Waals surface area contributed by atoms with Crippen molar-refractivity contribution in [3.63, 3.8) is 0 Å². The average Bonchev–Trinajstić information content (AvgIpc) is 2.74. The van der Waals surface area contributed by atoms with Crippen molar-refractivity contribution in [1.82, 2.24) is 10.2 Å². The first kappa shape index (κ1) is 29.9. The second-order valence-corrected chi connectivity index (χ2v) is 12.6. The molecule has 0 heterocycles. The summed E-state index contributed by atoms with van der Waals surface area (Å²) in [4.78, 5) is 27.8. The quantitative estimate of drug-likeness (QED) is 0.437. The van der Waals surface area contributed by atoms with Crippen LogP contribution in [0, 0.1) is 6.92 Å². The predicted octanol–water partition coefficient (Wildman–Crippen LogP) is 5.18. The molecule has 0 saturated heterocycles. The predicted molar refractivity (Wildman–Crippen MR) is 147 cm³/mol. The van der Waals surface area contributed by atoms with E-state index in [0.29, 0.717) is 21.3 Å². The minimum atomic E-state index is -3.55. The molecule has 0 fully saturated rings. The lowest BCUT2D eigenvalue weighted by Gasteiger charge is -2.32. The molecule has 0 aliphatic carbocycles. The Hall–Kier alpha value is -2.29. The van der Waals surface area contributed by atoms with E-state index >= 15 is 0 Å². The zero-order chi connectivity index (χ0) is 27.3. The van der Waals surface area contributed by atoms with Crippen LogP contribution >= 0.6 is 23.2 Å². The molecule has 198 valence electrons. The van der Waals surface area contributed by atoms with Gasteiger partial charge in [0.05, 0.1) is 11.9 Å². The summed E-state index contributed by atoms with van der Waals surface area (Å²) < 4.78 is 26.3. The zero-order valence-electron chi connectivity index (χ0n) is 21.6. The highest BCUT2D eigenvalue weighted by molar-refractivity contribution is 7.92. The highest BCUT2D eigenvalue weighted by Crippen LogP contribution is 2.25. The monoisotopic (exact) mass is 555 g/mol. The lowest BCUT2D eigenvalue weighted by atomic mass is 10.1. The van der Waals surface area contributed by atoms with Gasteiger partial charge in [-0.2, -0.15) is 0 Å². The number of nitrogens with zero attached hydrogens (tertiary/aromatic N) is 2. The second-order valence-electron chi connectivity index (χ2n) is 9.90. The lowest BCUT2D eigenvalue weighted by molar-refractivity contribution is -0.141. The summed E-state index contributed by atoms with van der Waals surface area (Å²) in [7, 11) is -3.55. The van der Waals surface area contributed by atoms with Crippen LogP contribution < -0.4 is 9.62 Å². The van der Waals surface area contributed by atoms with Gasteiger partial charge >= 0.3 is 0 Å². The van der Waals surface area contributed by atoms with E-state index in [4.69, 9.17) is 23.2 Å². The molecular weight excluding hydrogens is 521 g/mol. The molecule has 0 aliphatic heterocycles. The smallest absolute Gasteiger partial charge is 0.242 e. The maximum absolute atomic E-state index is 13.4. The molecule has 1 N–H and O–H groups in total. The van der Waals surface area contributed by atoms with Gasteiger partial charge in [-0.05, 0) is 70.4 Å². The number of para-hydroxylation sites is 1. The third-order valence-electron chi connectivity index (χ3n) is 5.56. The van der Waals surface area contributed by atoms with Gasteiger partial charge in [-0.25, -0.2) is 8.42 Å². The first-order valence-electron chi connectivity index (χ1n) is 11.7. The molecule has 1 atom stereocenters. The number of aryl methyl sites for hydroxylation is 1. The minimum Gasteiger partial charge on any atom is -0.350 e. The fraction of sp³-hybridized carbons (Fsp3) is 0.462. The Kier molecular flexibility index (Phi) is 10.2. The van der Waals surface area contributed by atoms with Crippen LogP contribution in [0.15, 0.2) is 42.5 Å². The zero-order valence-corrected chi connectivity index (χ0v) is 24.0. The molecule has 0 radical (unpaired) electrons. The number of amides is 2. The maximum Gasteiger partial charge on any atom is 0.242 e. The summed E-state index contributed by atoms with van der Waals surface area (Å²) in [5.41, 5.74) is 1.58. The van der Waals surface area contributed by atoms with Crippen LogP contribution in [0.2, 0.25) is 10.0 Å². The van der Waals surface area contributed by atoms with Gasteiger partial charge < -0.3 is 10.2 Å². The van der Waals surface area contributed by atoms with Gasteiger partial charge in [0.25, 0.3) is 0 Å². The van der Waals surface area contributed by atoms with Crippen molar-refractivity contribution >= 4 is 50.7 Å². The fourth-order valence-corrected chi connectivity index (χ4v) is 5.21.